The molecule has 5 heteroatoms. The Balaban J connectivity index is 1.86. The van der Waals surface area contributed by atoms with Crippen molar-refractivity contribution < 1.29 is 0 Å². The van der Waals surface area contributed by atoms with Crippen LogP contribution in [0.4, 0.5) is 0 Å². The van der Waals surface area contributed by atoms with Crippen molar-refractivity contribution in [1.29, 1.82) is 0 Å². The van der Waals surface area contributed by atoms with Gasteiger partial charge in [0, 0.05) is 34.4 Å². The Bertz CT molecular complexity index is 1340. The lowest BCUT2D eigenvalue weighted by Gasteiger charge is -2.26. The van der Waals surface area contributed by atoms with Gasteiger partial charge < -0.3 is 0 Å². The molecule has 0 aliphatic heterocycles. The molecule has 0 bridgehead atoms. The Hall–Kier alpha value is -3.34. The van der Waals surface area contributed by atoms with Crippen LogP contribution in [-0.2, 0) is 10.8 Å². The Kier molecular flexibility index (Phi) is 6.87. The largest absolute Gasteiger partial charge is 0.299 e. The monoisotopic (exact) mass is 481 g/mol. The number of aromatic nitrogens is 5. The summed E-state index contributed by atoms with van der Waals surface area (Å²) >= 11 is 0. The lowest BCUT2D eigenvalue weighted by Crippen LogP contribution is -2.26. The smallest absolute Gasteiger partial charge is 0.163 e. The number of hydrogen-bond donors (Lipinski definition) is 0. The minimum Gasteiger partial charge on any atom is -0.299 e. The first kappa shape index (κ1) is 25.7. The van der Waals surface area contributed by atoms with Gasteiger partial charge in [-0.1, -0.05) is 77.4 Å². The molecule has 0 aliphatic rings. The molecule has 0 aliphatic carbocycles. The Morgan fingerprint density at radius 1 is 0.750 bits per heavy atom. The maximum absolute atomic E-state index is 4.99. The summed E-state index contributed by atoms with van der Waals surface area (Å²) in [7, 11) is 0. The van der Waals surface area contributed by atoms with Crippen molar-refractivity contribution in [3.63, 3.8) is 0 Å². The van der Waals surface area contributed by atoms with E-state index in [1.54, 1.807) is 0 Å². The average molecular weight is 482 g/mol. The number of aryl methyl sites for hydroxylation is 3. The summed E-state index contributed by atoms with van der Waals surface area (Å²) in [5, 5.41) is 0. The van der Waals surface area contributed by atoms with E-state index in [0.29, 0.717) is 0 Å². The highest BCUT2D eigenvalue weighted by atomic mass is 15.1. The van der Waals surface area contributed by atoms with Crippen molar-refractivity contribution in [2.45, 2.75) is 86.0 Å². The number of nitrogens with zero attached hydrogens (tertiary/aromatic N) is 5. The molecule has 0 unspecified atom stereocenters. The maximum atomic E-state index is 4.99. The molecule has 0 fully saturated rings. The standard InChI is InChI=1S/C31H39N5/c1-10-30(6,7)28-33-26(34-29(35-28)31(8,9)11-2)23-13-12-14-24(19-23)27-32-15-16-36(27)25-21(4)17-20(3)18-22(25)5/h12-19H,10-11H2,1-9H3. The summed E-state index contributed by atoms with van der Waals surface area (Å²) in [6.45, 7) is 19.6. The van der Waals surface area contributed by atoms with E-state index >= 15 is 0 Å². The zero-order valence-electron chi connectivity index (χ0n) is 23.3. The molecule has 5 nitrogen and oxygen atoms in total. The van der Waals surface area contributed by atoms with Gasteiger partial charge in [0.05, 0.1) is 5.69 Å². The van der Waals surface area contributed by atoms with Gasteiger partial charge in [0.15, 0.2) is 5.82 Å². The third kappa shape index (κ3) is 4.84. The van der Waals surface area contributed by atoms with Gasteiger partial charge in [-0.2, -0.15) is 0 Å². The van der Waals surface area contributed by atoms with E-state index in [1.165, 1.54) is 22.4 Å². The molecule has 0 amide bonds. The maximum Gasteiger partial charge on any atom is 0.163 e. The Morgan fingerprint density at radius 3 is 1.86 bits per heavy atom. The first-order valence-electron chi connectivity index (χ1n) is 13.0. The van der Waals surface area contributed by atoms with Crippen LogP contribution in [0.1, 0.15) is 82.7 Å². The molecule has 36 heavy (non-hydrogen) atoms. The molecule has 0 spiro atoms. The predicted molar refractivity (Wildman–Crippen MR) is 149 cm³/mol. The fourth-order valence-corrected chi connectivity index (χ4v) is 4.47. The van der Waals surface area contributed by atoms with Gasteiger partial charge in [0.25, 0.3) is 0 Å². The van der Waals surface area contributed by atoms with E-state index < -0.39 is 0 Å². The molecule has 0 radical (unpaired) electrons. The highest BCUT2D eigenvalue weighted by Crippen LogP contribution is 2.32. The van der Waals surface area contributed by atoms with E-state index in [0.717, 1.165) is 47.3 Å². The highest BCUT2D eigenvalue weighted by Gasteiger charge is 2.29. The van der Waals surface area contributed by atoms with Gasteiger partial charge in [-0.25, -0.2) is 19.9 Å². The van der Waals surface area contributed by atoms with Crippen LogP contribution in [0.25, 0.3) is 28.5 Å². The minimum atomic E-state index is -0.134. The first-order valence-corrected chi connectivity index (χ1v) is 13.0. The number of imidazole rings is 1. The second-order valence-electron chi connectivity index (χ2n) is 11.2. The van der Waals surface area contributed by atoms with Gasteiger partial charge in [-0.3, -0.25) is 4.57 Å². The van der Waals surface area contributed by atoms with E-state index in [9.17, 15) is 0 Å². The van der Waals surface area contributed by atoms with Gasteiger partial charge >= 0.3 is 0 Å². The molecule has 2 aromatic heterocycles. The zero-order valence-corrected chi connectivity index (χ0v) is 23.3. The fourth-order valence-electron chi connectivity index (χ4n) is 4.47. The van der Waals surface area contributed by atoms with Crippen LogP contribution in [0.15, 0.2) is 48.8 Å². The highest BCUT2D eigenvalue weighted by molar-refractivity contribution is 5.68. The van der Waals surface area contributed by atoms with Crippen LogP contribution in [-0.4, -0.2) is 24.5 Å². The number of rotatable bonds is 7. The Labute approximate surface area is 216 Å². The quantitative estimate of drug-likeness (QED) is 0.271. The summed E-state index contributed by atoms with van der Waals surface area (Å²) in [5.74, 6) is 3.33. The lowest BCUT2D eigenvalue weighted by atomic mass is 9.87. The van der Waals surface area contributed by atoms with E-state index in [2.05, 4.69) is 103 Å². The fraction of sp³-hybridized carbons (Fsp3) is 0.419. The molecule has 0 N–H and O–H groups in total. The van der Waals surface area contributed by atoms with Crippen LogP contribution >= 0.6 is 0 Å². The summed E-state index contributed by atoms with van der Waals surface area (Å²) in [6, 6.07) is 12.9. The van der Waals surface area contributed by atoms with E-state index in [1.807, 2.05) is 12.4 Å². The van der Waals surface area contributed by atoms with Crippen LogP contribution in [0.2, 0.25) is 0 Å². The van der Waals surface area contributed by atoms with Gasteiger partial charge in [-0.15, -0.1) is 0 Å². The molecule has 0 atom stereocenters. The molecule has 0 saturated carbocycles. The van der Waals surface area contributed by atoms with Gasteiger partial charge in [0.2, 0.25) is 0 Å². The van der Waals surface area contributed by atoms with Crippen molar-refractivity contribution in [3.05, 3.63) is 77.1 Å². The van der Waals surface area contributed by atoms with Crippen LogP contribution < -0.4 is 0 Å². The van der Waals surface area contributed by atoms with Crippen LogP contribution in [0, 0.1) is 20.8 Å². The summed E-state index contributed by atoms with van der Waals surface area (Å²) < 4.78 is 2.19. The van der Waals surface area contributed by atoms with Crippen molar-refractivity contribution in [2.75, 3.05) is 0 Å². The summed E-state index contributed by atoms with van der Waals surface area (Å²) in [4.78, 5) is 19.7. The normalized spacial score (nSPS) is 12.2. The molecule has 4 rings (SSSR count). The van der Waals surface area contributed by atoms with Crippen LogP contribution in [0.5, 0.6) is 0 Å². The molecular formula is C31H39N5. The summed E-state index contributed by atoms with van der Waals surface area (Å²) in [5.41, 5.74) is 6.65. The molecule has 4 aromatic rings. The van der Waals surface area contributed by atoms with Crippen LogP contribution in [0.3, 0.4) is 0 Å². The van der Waals surface area contributed by atoms with Gasteiger partial charge in [0.1, 0.15) is 17.5 Å². The second-order valence-corrected chi connectivity index (χ2v) is 11.2. The summed E-state index contributed by atoms with van der Waals surface area (Å²) in [6.07, 6.45) is 5.82. The lowest BCUT2D eigenvalue weighted by molar-refractivity contribution is 0.434. The average Bonchev–Trinajstić information content (AvgIpc) is 3.32. The zero-order chi connectivity index (χ0) is 26.3. The number of benzene rings is 2. The third-order valence-corrected chi connectivity index (χ3v) is 7.51. The molecule has 188 valence electrons. The van der Waals surface area contributed by atoms with Crippen molar-refractivity contribution in [1.82, 2.24) is 24.5 Å². The van der Waals surface area contributed by atoms with E-state index in [-0.39, 0.29) is 10.8 Å². The molecular weight excluding hydrogens is 442 g/mol. The SMILES string of the molecule is CCC(C)(C)c1nc(-c2cccc(-c3nccn3-c3c(C)cc(C)cc3C)c2)nc(C(C)(C)CC)n1. The topological polar surface area (TPSA) is 56.5 Å². The molecule has 2 aromatic carbocycles. The third-order valence-electron chi connectivity index (χ3n) is 7.51. The molecule has 0 saturated heterocycles. The van der Waals surface area contributed by atoms with Crippen molar-refractivity contribution in [2.24, 2.45) is 0 Å². The van der Waals surface area contributed by atoms with Crippen molar-refractivity contribution in [3.8, 4) is 28.5 Å². The molecule has 2 heterocycles. The minimum absolute atomic E-state index is 0.134. The van der Waals surface area contributed by atoms with Gasteiger partial charge in [-0.05, 0) is 50.8 Å². The van der Waals surface area contributed by atoms with Crippen molar-refractivity contribution >= 4 is 0 Å². The Morgan fingerprint density at radius 2 is 1.31 bits per heavy atom. The number of hydrogen-bond acceptors (Lipinski definition) is 4. The second kappa shape index (κ2) is 9.61. The first-order chi connectivity index (χ1) is 17.0. The predicted octanol–water partition coefficient (Wildman–Crippen LogP) is 7.69. The van der Waals surface area contributed by atoms with E-state index in [4.69, 9.17) is 19.9 Å².